The lowest BCUT2D eigenvalue weighted by molar-refractivity contribution is -0.116. The Morgan fingerprint density at radius 1 is 1.41 bits per heavy atom. The van der Waals surface area contributed by atoms with Crippen LogP contribution >= 0.6 is 0 Å². The summed E-state index contributed by atoms with van der Waals surface area (Å²) in [4.78, 5) is 11.7. The molecule has 3 nitrogen and oxygen atoms in total. The number of hydrogen-bond donors (Lipinski definition) is 2. The van der Waals surface area contributed by atoms with Gasteiger partial charge in [0.2, 0.25) is 5.91 Å². The van der Waals surface area contributed by atoms with Crippen LogP contribution in [0.5, 0.6) is 0 Å². The van der Waals surface area contributed by atoms with Crippen molar-refractivity contribution in [2.24, 2.45) is 0 Å². The molecule has 0 aliphatic carbocycles. The number of carbonyl (C=O) groups excluding carboxylic acids is 1. The lowest BCUT2D eigenvalue weighted by Crippen LogP contribution is -2.22. The second-order valence-electron chi connectivity index (χ2n) is 4.11. The van der Waals surface area contributed by atoms with Crippen molar-refractivity contribution < 1.29 is 4.79 Å². The molecule has 1 aromatic rings. The summed E-state index contributed by atoms with van der Waals surface area (Å²) < 4.78 is 0. The summed E-state index contributed by atoms with van der Waals surface area (Å²) in [5.74, 6) is 0.0373. The largest absolute Gasteiger partial charge is 0.326 e. The number of aryl methyl sites for hydroxylation is 2. The molecule has 0 fully saturated rings. The number of amides is 1. The van der Waals surface area contributed by atoms with Gasteiger partial charge in [0, 0.05) is 25.2 Å². The minimum absolute atomic E-state index is 0.0373. The van der Waals surface area contributed by atoms with Crippen LogP contribution in [0.3, 0.4) is 0 Å². The molecule has 1 amide bonds. The molecule has 17 heavy (non-hydrogen) atoms. The van der Waals surface area contributed by atoms with E-state index in [1.807, 2.05) is 32.0 Å². The zero-order chi connectivity index (χ0) is 12.7. The lowest BCUT2D eigenvalue weighted by atomic mass is 10.1. The first-order chi connectivity index (χ1) is 8.13. The van der Waals surface area contributed by atoms with Gasteiger partial charge in [-0.3, -0.25) is 4.79 Å². The SMILES string of the molecule is C=CCNCCC(=O)Nc1cc(C)ccc1C. The molecule has 92 valence electrons. The fourth-order valence-corrected chi connectivity index (χ4v) is 1.49. The highest BCUT2D eigenvalue weighted by Gasteiger charge is 2.04. The Balaban J connectivity index is 2.44. The third-order valence-electron chi connectivity index (χ3n) is 2.48. The van der Waals surface area contributed by atoms with Crippen LogP contribution in [0.4, 0.5) is 5.69 Å². The molecule has 0 unspecified atom stereocenters. The van der Waals surface area contributed by atoms with Gasteiger partial charge < -0.3 is 10.6 Å². The molecular weight excluding hydrogens is 212 g/mol. The van der Waals surface area contributed by atoms with E-state index in [-0.39, 0.29) is 5.91 Å². The standard InChI is InChI=1S/C14H20N2O/c1-4-8-15-9-7-14(17)16-13-10-11(2)5-6-12(13)3/h4-6,10,15H,1,7-9H2,2-3H3,(H,16,17). The Morgan fingerprint density at radius 2 is 2.18 bits per heavy atom. The average molecular weight is 232 g/mol. The first-order valence-electron chi connectivity index (χ1n) is 5.82. The van der Waals surface area contributed by atoms with Crippen LogP contribution in [0.15, 0.2) is 30.9 Å². The van der Waals surface area contributed by atoms with Crippen LogP contribution in [-0.2, 0) is 4.79 Å². The Hall–Kier alpha value is -1.61. The highest BCUT2D eigenvalue weighted by atomic mass is 16.1. The predicted molar refractivity (Wildman–Crippen MR) is 72.2 cm³/mol. The molecule has 0 aliphatic heterocycles. The van der Waals surface area contributed by atoms with Crippen molar-refractivity contribution in [1.82, 2.24) is 5.32 Å². The molecule has 1 rings (SSSR count). The van der Waals surface area contributed by atoms with E-state index in [2.05, 4.69) is 17.2 Å². The van der Waals surface area contributed by atoms with Crippen LogP contribution in [-0.4, -0.2) is 19.0 Å². The van der Waals surface area contributed by atoms with Crippen molar-refractivity contribution in [3.05, 3.63) is 42.0 Å². The molecule has 0 aliphatic rings. The maximum Gasteiger partial charge on any atom is 0.225 e. The van der Waals surface area contributed by atoms with E-state index in [4.69, 9.17) is 0 Å². The van der Waals surface area contributed by atoms with Gasteiger partial charge in [-0.1, -0.05) is 18.2 Å². The van der Waals surface area contributed by atoms with Crippen LogP contribution in [0.25, 0.3) is 0 Å². The van der Waals surface area contributed by atoms with Gasteiger partial charge in [-0.05, 0) is 31.0 Å². The quantitative estimate of drug-likeness (QED) is 0.584. The molecule has 0 saturated carbocycles. The maximum absolute atomic E-state index is 11.7. The van der Waals surface area contributed by atoms with Crippen LogP contribution < -0.4 is 10.6 Å². The number of hydrogen-bond acceptors (Lipinski definition) is 2. The van der Waals surface area contributed by atoms with Crippen molar-refractivity contribution in [3.63, 3.8) is 0 Å². The molecule has 0 saturated heterocycles. The average Bonchev–Trinajstić information content (AvgIpc) is 2.29. The zero-order valence-corrected chi connectivity index (χ0v) is 10.5. The van der Waals surface area contributed by atoms with Crippen LogP contribution in [0.2, 0.25) is 0 Å². The predicted octanol–water partition coefficient (Wildman–Crippen LogP) is 2.41. The van der Waals surface area contributed by atoms with Gasteiger partial charge in [-0.15, -0.1) is 6.58 Å². The van der Waals surface area contributed by atoms with Gasteiger partial charge in [0.15, 0.2) is 0 Å². The molecule has 0 atom stereocenters. The van der Waals surface area contributed by atoms with Crippen molar-refractivity contribution in [2.45, 2.75) is 20.3 Å². The number of benzene rings is 1. The fourth-order valence-electron chi connectivity index (χ4n) is 1.49. The Bertz CT molecular complexity index is 399. The Labute approximate surface area is 103 Å². The van der Waals surface area contributed by atoms with E-state index in [1.165, 1.54) is 0 Å². The first-order valence-corrected chi connectivity index (χ1v) is 5.82. The minimum Gasteiger partial charge on any atom is -0.326 e. The first kappa shape index (κ1) is 13.5. The van der Waals surface area contributed by atoms with E-state index in [0.717, 1.165) is 23.4 Å². The number of rotatable bonds is 6. The second kappa shape index (κ2) is 6.86. The topological polar surface area (TPSA) is 41.1 Å². The van der Waals surface area contributed by atoms with E-state index in [9.17, 15) is 4.79 Å². The number of anilines is 1. The highest BCUT2D eigenvalue weighted by molar-refractivity contribution is 5.91. The smallest absolute Gasteiger partial charge is 0.225 e. The molecule has 3 heteroatoms. The van der Waals surface area contributed by atoms with Crippen molar-refractivity contribution in [2.75, 3.05) is 18.4 Å². The number of carbonyl (C=O) groups is 1. The molecule has 0 bridgehead atoms. The monoisotopic (exact) mass is 232 g/mol. The maximum atomic E-state index is 11.7. The Morgan fingerprint density at radius 3 is 2.88 bits per heavy atom. The highest BCUT2D eigenvalue weighted by Crippen LogP contribution is 2.16. The van der Waals surface area contributed by atoms with E-state index in [0.29, 0.717) is 13.0 Å². The summed E-state index contributed by atoms with van der Waals surface area (Å²) >= 11 is 0. The lowest BCUT2D eigenvalue weighted by Gasteiger charge is -2.09. The molecule has 0 heterocycles. The molecule has 0 radical (unpaired) electrons. The third kappa shape index (κ3) is 4.83. The normalized spacial score (nSPS) is 10.0. The molecule has 0 aromatic heterocycles. The van der Waals surface area contributed by atoms with Crippen molar-refractivity contribution >= 4 is 11.6 Å². The zero-order valence-electron chi connectivity index (χ0n) is 10.5. The molecule has 2 N–H and O–H groups in total. The summed E-state index contributed by atoms with van der Waals surface area (Å²) in [7, 11) is 0. The summed E-state index contributed by atoms with van der Waals surface area (Å²) in [6, 6.07) is 6.04. The van der Waals surface area contributed by atoms with Crippen LogP contribution in [0, 0.1) is 13.8 Å². The van der Waals surface area contributed by atoms with E-state index < -0.39 is 0 Å². The van der Waals surface area contributed by atoms with E-state index >= 15 is 0 Å². The van der Waals surface area contributed by atoms with Gasteiger partial charge >= 0.3 is 0 Å². The number of nitrogens with one attached hydrogen (secondary N) is 2. The minimum atomic E-state index is 0.0373. The summed E-state index contributed by atoms with van der Waals surface area (Å²) in [6.45, 7) is 9.01. The summed E-state index contributed by atoms with van der Waals surface area (Å²) in [5, 5.41) is 6.02. The van der Waals surface area contributed by atoms with Crippen LogP contribution in [0.1, 0.15) is 17.5 Å². The van der Waals surface area contributed by atoms with E-state index in [1.54, 1.807) is 6.08 Å². The fraction of sp³-hybridized carbons (Fsp3) is 0.357. The van der Waals surface area contributed by atoms with Gasteiger partial charge in [0.25, 0.3) is 0 Å². The third-order valence-corrected chi connectivity index (χ3v) is 2.48. The van der Waals surface area contributed by atoms with Gasteiger partial charge in [0.05, 0.1) is 0 Å². The van der Waals surface area contributed by atoms with Gasteiger partial charge in [0.1, 0.15) is 0 Å². The van der Waals surface area contributed by atoms with Gasteiger partial charge in [-0.2, -0.15) is 0 Å². The van der Waals surface area contributed by atoms with Crippen molar-refractivity contribution in [3.8, 4) is 0 Å². The summed E-state index contributed by atoms with van der Waals surface area (Å²) in [5.41, 5.74) is 3.14. The molecule has 0 spiro atoms. The van der Waals surface area contributed by atoms with Crippen molar-refractivity contribution in [1.29, 1.82) is 0 Å². The van der Waals surface area contributed by atoms with Gasteiger partial charge in [-0.25, -0.2) is 0 Å². The molecule has 1 aromatic carbocycles. The molecular formula is C14H20N2O. The summed E-state index contributed by atoms with van der Waals surface area (Å²) in [6.07, 6.45) is 2.25. The second-order valence-corrected chi connectivity index (χ2v) is 4.11. The Kier molecular flexibility index (Phi) is 5.43.